The fraction of sp³-hybridized carbons (Fsp3) is 0.692. The average molecular weight is 284 g/mol. The number of carbonyl (C=O) groups excluding carboxylic acids is 1. The standard InChI is InChI=1S/C13H20N2O3S/c1-9-11(12(16)17-2)15-13(19-9)14-7-8-18-10-5-3-4-6-10/h10H,3-8H2,1-2H3,(H,14,15). The number of aryl methyl sites for hydroxylation is 1. The molecule has 1 saturated carbocycles. The Labute approximate surface area is 117 Å². The summed E-state index contributed by atoms with van der Waals surface area (Å²) in [6, 6.07) is 0. The first-order chi connectivity index (χ1) is 9.20. The van der Waals surface area contributed by atoms with Crippen LogP contribution in [0.1, 0.15) is 41.0 Å². The first kappa shape index (κ1) is 14.3. The minimum Gasteiger partial charge on any atom is -0.464 e. The van der Waals surface area contributed by atoms with Crippen LogP contribution >= 0.6 is 11.3 Å². The molecule has 106 valence electrons. The van der Waals surface area contributed by atoms with Gasteiger partial charge in [-0.25, -0.2) is 9.78 Å². The molecule has 0 spiro atoms. The zero-order valence-electron chi connectivity index (χ0n) is 11.4. The Hall–Kier alpha value is -1.14. The van der Waals surface area contributed by atoms with Crippen molar-refractivity contribution in [2.75, 3.05) is 25.6 Å². The lowest BCUT2D eigenvalue weighted by Crippen LogP contribution is -2.15. The number of carbonyl (C=O) groups is 1. The van der Waals surface area contributed by atoms with E-state index in [4.69, 9.17) is 4.74 Å². The fourth-order valence-corrected chi connectivity index (χ4v) is 3.02. The summed E-state index contributed by atoms with van der Waals surface area (Å²) in [5.41, 5.74) is 0.395. The summed E-state index contributed by atoms with van der Waals surface area (Å²) in [6.45, 7) is 3.26. The van der Waals surface area contributed by atoms with Crippen molar-refractivity contribution in [2.24, 2.45) is 0 Å². The van der Waals surface area contributed by atoms with E-state index >= 15 is 0 Å². The van der Waals surface area contributed by atoms with Crippen LogP contribution in [0.2, 0.25) is 0 Å². The van der Waals surface area contributed by atoms with Crippen molar-refractivity contribution in [1.29, 1.82) is 0 Å². The van der Waals surface area contributed by atoms with Gasteiger partial charge in [0, 0.05) is 11.4 Å². The quantitative estimate of drug-likeness (QED) is 0.642. The third-order valence-electron chi connectivity index (χ3n) is 3.21. The zero-order chi connectivity index (χ0) is 13.7. The molecule has 19 heavy (non-hydrogen) atoms. The lowest BCUT2D eigenvalue weighted by molar-refractivity contribution is 0.0594. The van der Waals surface area contributed by atoms with Gasteiger partial charge in [-0.3, -0.25) is 0 Å². The highest BCUT2D eigenvalue weighted by Crippen LogP contribution is 2.23. The number of nitrogens with one attached hydrogen (secondary N) is 1. The molecule has 2 rings (SSSR count). The number of rotatable bonds is 6. The van der Waals surface area contributed by atoms with Crippen molar-refractivity contribution in [3.05, 3.63) is 10.6 Å². The average Bonchev–Trinajstić information content (AvgIpc) is 3.03. The zero-order valence-corrected chi connectivity index (χ0v) is 12.2. The van der Waals surface area contributed by atoms with Crippen molar-refractivity contribution in [1.82, 2.24) is 4.98 Å². The van der Waals surface area contributed by atoms with E-state index in [9.17, 15) is 4.79 Å². The molecule has 1 aliphatic carbocycles. The Morgan fingerprint density at radius 1 is 1.47 bits per heavy atom. The molecule has 5 nitrogen and oxygen atoms in total. The van der Waals surface area contributed by atoms with Crippen LogP contribution in [0.4, 0.5) is 5.13 Å². The molecule has 1 N–H and O–H groups in total. The van der Waals surface area contributed by atoms with Gasteiger partial charge >= 0.3 is 5.97 Å². The highest BCUT2D eigenvalue weighted by molar-refractivity contribution is 7.15. The van der Waals surface area contributed by atoms with Gasteiger partial charge in [0.1, 0.15) is 0 Å². The number of hydrogen-bond acceptors (Lipinski definition) is 6. The molecule has 0 amide bonds. The van der Waals surface area contributed by atoms with Gasteiger partial charge in [-0.1, -0.05) is 12.8 Å². The van der Waals surface area contributed by atoms with Gasteiger partial charge in [-0.05, 0) is 19.8 Å². The number of hydrogen-bond donors (Lipinski definition) is 1. The van der Waals surface area contributed by atoms with Crippen LogP contribution in [0.3, 0.4) is 0 Å². The molecule has 1 fully saturated rings. The molecular weight excluding hydrogens is 264 g/mol. The van der Waals surface area contributed by atoms with E-state index in [1.165, 1.54) is 44.1 Å². The molecule has 0 aromatic carbocycles. The summed E-state index contributed by atoms with van der Waals surface area (Å²) in [6.07, 6.45) is 5.37. The van der Waals surface area contributed by atoms with Gasteiger partial charge in [-0.2, -0.15) is 0 Å². The number of esters is 1. The van der Waals surface area contributed by atoms with Crippen molar-refractivity contribution in [2.45, 2.75) is 38.7 Å². The van der Waals surface area contributed by atoms with E-state index in [0.717, 1.165) is 10.0 Å². The van der Waals surface area contributed by atoms with Crippen molar-refractivity contribution >= 4 is 22.4 Å². The van der Waals surface area contributed by atoms with Crippen molar-refractivity contribution in [3.63, 3.8) is 0 Å². The normalized spacial score (nSPS) is 15.7. The second-order valence-corrected chi connectivity index (χ2v) is 5.82. The van der Waals surface area contributed by atoms with Crippen LogP contribution in [-0.4, -0.2) is 37.3 Å². The van der Waals surface area contributed by atoms with E-state index in [0.29, 0.717) is 24.9 Å². The number of nitrogens with zero attached hydrogens (tertiary/aromatic N) is 1. The SMILES string of the molecule is COC(=O)c1nc(NCCOC2CCCC2)sc1C. The monoisotopic (exact) mass is 284 g/mol. The smallest absolute Gasteiger partial charge is 0.357 e. The van der Waals surface area contributed by atoms with E-state index in [2.05, 4.69) is 15.0 Å². The van der Waals surface area contributed by atoms with E-state index in [-0.39, 0.29) is 5.97 Å². The summed E-state index contributed by atoms with van der Waals surface area (Å²) < 4.78 is 10.4. The molecule has 1 aromatic heterocycles. The number of ether oxygens (including phenoxy) is 2. The first-order valence-corrected chi connectivity index (χ1v) is 7.43. The molecule has 0 aliphatic heterocycles. The summed E-state index contributed by atoms with van der Waals surface area (Å²) in [4.78, 5) is 16.5. The van der Waals surface area contributed by atoms with Gasteiger partial charge in [0.15, 0.2) is 10.8 Å². The minimum atomic E-state index is -0.385. The van der Waals surface area contributed by atoms with Crippen LogP contribution in [0.5, 0.6) is 0 Å². The molecule has 0 radical (unpaired) electrons. The van der Waals surface area contributed by atoms with Crippen LogP contribution in [0, 0.1) is 6.92 Å². The first-order valence-electron chi connectivity index (χ1n) is 6.62. The molecule has 0 unspecified atom stereocenters. The maximum atomic E-state index is 11.4. The van der Waals surface area contributed by atoms with Gasteiger partial charge in [0.25, 0.3) is 0 Å². The summed E-state index contributed by atoms with van der Waals surface area (Å²) >= 11 is 1.46. The Kier molecular flexibility index (Phi) is 5.15. The highest BCUT2D eigenvalue weighted by atomic mass is 32.1. The van der Waals surface area contributed by atoms with E-state index in [1.54, 1.807) is 0 Å². The second-order valence-electron chi connectivity index (χ2n) is 4.62. The van der Waals surface area contributed by atoms with E-state index in [1.807, 2.05) is 6.92 Å². The summed E-state index contributed by atoms with van der Waals surface area (Å²) in [5.74, 6) is -0.385. The topological polar surface area (TPSA) is 60.5 Å². The van der Waals surface area contributed by atoms with Crippen molar-refractivity contribution < 1.29 is 14.3 Å². The van der Waals surface area contributed by atoms with Crippen LogP contribution in [-0.2, 0) is 9.47 Å². The third kappa shape index (κ3) is 3.91. The Morgan fingerprint density at radius 3 is 2.89 bits per heavy atom. The predicted octanol–water partition coefficient (Wildman–Crippen LogP) is 2.61. The fourth-order valence-electron chi connectivity index (χ4n) is 2.20. The maximum absolute atomic E-state index is 11.4. The number of thiazole rings is 1. The molecule has 0 atom stereocenters. The van der Waals surface area contributed by atoms with Gasteiger partial charge in [0.2, 0.25) is 0 Å². The lowest BCUT2D eigenvalue weighted by Gasteiger charge is -2.10. The molecular formula is C13H20N2O3S. The van der Waals surface area contributed by atoms with Crippen LogP contribution < -0.4 is 5.32 Å². The second kappa shape index (κ2) is 6.86. The number of aromatic nitrogens is 1. The highest BCUT2D eigenvalue weighted by Gasteiger charge is 2.16. The molecule has 0 bridgehead atoms. The number of methoxy groups -OCH3 is 1. The summed E-state index contributed by atoms with van der Waals surface area (Å²) in [5, 5.41) is 3.93. The van der Waals surface area contributed by atoms with Crippen LogP contribution in [0.25, 0.3) is 0 Å². The lowest BCUT2D eigenvalue weighted by atomic mass is 10.3. The largest absolute Gasteiger partial charge is 0.464 e. The van der Waals surface area contributed by atoms with Crippen LogP contribution in [0.15, 0.2) is 0 Å². The number of anilines is 1. The van der Waals surface area contributed by atoms with Gasteiger partial charge in [-0.15, -0.1) is 11.3 Å². The minimum absolute atomic E-state index is 0.385. The molecule has 0 saturated heterocycles. The molecule has 1 heterocycles. The Bertz CT molecular complexity index is 428. The Balaban J connectivity index is 1.75. The predicted molar refractivity (Wildman–Crippen MR) is 74.9 cm³/mol. The Morgan fingerprint density at radius 2 is 2.21 bits per heavy atom. The van der Waals surface area contributed by atoms with Gasteiger partial charge < -0.3 is 14.8 Å². The van der Waals surface area contributed by atoms with Crippen molar-refractivity contribution in [3.8, 4) is 0 Å². The van der Waals surface area contributed by atoms with E-state index < -0.39 is 0 Å². The summed E-state index contributed by atoms with van der Waals surface area (Å²) in [7, 11) is 1.36. The third-order valence-corrected chi connectivity index (χ3v) is 4.14. The maximum Gasteiger partial charge on any atom is 0.357 e. The van der Waals surface area contributed by atoms with Gasteiger partial charge in [0.05, 0.1) is 19.8 Å². The molecule has 1 aromatic rings. The molecule has 1 aliphatic rings. The molecule has 6 heteroatoms.